The van der Waals surface area contributed by atoms with Crippen molar-refractivity contribution in [2.45, 2.75) is 84.0 Å². The summed E-state index contributed by atoms with van der Waals surface area (Å²) in [5.41, 5.74) is 1.39. The molecule has 0 spiro atoms. The molecule has 1 rings (SSSR count). The second-order valence-corrected chi connectivity index (χ2v) is 11.8. The second kappa shape index (κ2) is 35.3. The minimum atomic E-state index is 0.535. The molecule has 8 nitrogen and oxygen atoms in total. The van der Waals surface area contributed by atoms with Gasteiger partial charge in [-0.05, 0) is 47.8 Å². The summed E-state index contributed by atoms with van der Waals surface area (Å²) >= 11 is 2.42. The first-order valence-corrected chi connectivity index (χ1v) is 18.7. The molecule has 0 atom stereocenters. The average molecular weight is 739 g/mol. The standard InChI is InChI=1S/C35H63IO8/c1-2-3-4-5-6-7-10-13-34-14-16-35(17-15-34)44-33-32-43-31-30-42-29-28-41-27-26-40-25-24-39-23-22-38-21-20-37-19-12-9-8-11-18-36/h14-17H,2-13,18-33H2,1H3. The molecule has 0 fully saturated rings. The number of halogens is 1. The molecule has 0 amide bonds. The number of alkyl halides is 1. The zero-order valence-corrected chi connectivity index (χ0v) is 29.9. The number of aryl methyl sites for hydroxylation is 1. The fourth-order valence-corrected chi connectivity index (χ4v) is 4.87. The summed E-state index contributed by atoms with van der Waals surface area (Å²) in [7, 11) is 0. The van der Waals surface area contributed by atoms with Crippen molar-refractivity contribution in [3.8, 4) is 5.75 Å². The van der Waals surface area contributed by atoms with Crippen LogP contribution in [0.15, 0.2) is 24.3 Å². The van der Waals surface area contributed by atoms with Crippen molar-refractivity contribution in [2.75, 3.05) is 104 Å². The molecule has 258 valence electrons. The van der Waals surface area contributed by atoms with Gasteiger partial charge in [0.05, 0.1) is 85.9 Å². The summed E-state index contributed by atoms with van der Waals surface area (Å²) < 4.78 is 45.8. The van der Waals surface area contributed by atoms with Gasteiger partial charge in [-0.25, -0.2) is 0 Å². The van der Waals surface area contributed by atoms with Gasteiger partial charge in [-0.15, -0.1) is 0 Å². The summed E-state index contributed by atoms with van der Waals surface area (Å²) in [5, 5.41) is 0. The smallest absolute Gasteiger partial charge is 0.119 e. The molecule has 0 bridgehead atoms. The van der Waals surface area contributed by atoms with Crippen LogP contribution in [0.1, 0.15) is 83.1 Å². The topological polar surface area (TPSA) is 73.8 Å². The Morgan fingerprint density at radius 2 is 0.795 bits per heavy atom. The first kappa shape index (κ1) is 41.5. The van der Waals surface area contributed by atoms with E-state index in [-0.39, 0.29) is 0 Å². The predicted molar refractivity (Wildman–Crippen MR) is 187 cm³/mol. The maximum absolute atomic E-state index is 5.78. The highest BCUT2D eigenvalue weighted by Gasteiger charge is 1.99. The molecule has 1 aromatic carbocycles. The summed E-state index contributed by atoms with van der Waals surface area (Å²) in [4.78, 5) is 0. The van der Waals surface area contributed by atoms with Crippen LogP contribution >= 0.6 is 22.6 Å². The molecule has 0 aliphatic carbocycles. The van der Waals surface area contributed by atoms with E-state index >= 15 is 0 Å². The maximum Gasteiger partial charge on any atom is 0.119 e. The van der Waals surface area contributed by atoms with Crippen molar-refractivity contribution in [3.05, 3.63) is 29.8 Å². The molecule has 1 aromatic rings. The van der Waals surface area contributed by atoms with Crippen LogP contribution < -0.4 is 4.74 Å². The molecule has 0 aliphatic heterocycles. The molecule has 0 unspecified atom stereocenters. The molecule has 44 heavy (non-hydrogen) atoms. The van der Waals surface area contributed by atoms with Gasteiger partial charge >= 0.3 is 0 Å². The fraction of sp³-hybridized carbons (Fsp3) is 0.829. The van der Waals surface area contributed by atoms with E-state index in [1.165, 1.54) is 74.2 Å². The SMILES string of the molecule is CCCCCCCCCc1ccc(OCCOCCOCCOCCOCCOCCOCCOCCCCCCI)cc1. The maximum atomic E-state index is 5.78. The number of ether oxygens (including phenoxy) is 8. The monoisotopic (exact) mass is 738 g/mol. The van der Waals surface area contributed by atoms with E-state index in [2.05, 4.69) is 53.8 Å². The highest BCUT2D eigenvalue weighted by atomic mass is 127. The van der Waals surface area contributed by atoms with Crippen molar-refractivity contribution in [3.63, 3.8) is 0 Å². The van der Waals surface area contributed by atoms with Crippen molar-refractivity contribution in [1.29, 1.82) is 0 Å². The Morgan fingerprint density at radius 1 is 0.409 bits per heavy atom. The lowest BCUT2D eigenvalue weighted by Crippen LogP contribution is -2.15. The van der Waals surface area contributed by atoms with Crippen molar-refractivity contribution < 1.29 is 37.9 Å². The quantitative estimate of drug-likeness (QED) is 0.0399. The lowest BCUT2D eigenvalue weighted by molar-refractivity contribution is -0.0213. The number of benzene rings is 1. The average Bonchev–Trinajstić information content (AvgIpc) is 3.04. The van der Waals surface area contributed by atoms with Crippen LogP contribution in [-0.2, 0) is 39.6 Å². The normalized spacial score (nSPS) is 11.4. The van der Waals surface area contributed by atoms with Gasteiger partial charge < -0.3 is 37.9 Å². The van der Waals surface area contributed by atoms with Gasteiger partial charge in [-0.2, -0.15) is 0 Å². The molecule has 0 saturated carbocycles. The Bertz CT molecular complexity index is 679. The summed E-state index contributed by atoms with van der Waals surface area (Å²) in [6.07, 6.45) is 15.6. The third-order valence-corrected chi connectivity index (χ3v) is 7.66. The van der Waals surface area contributed by atoms with Gasteiger partial charge in [0.2, 0.25) is 0 Å². The number of rotatable bonds is 36. The van der Waals surface area contributed by atoms with Crippen LogP contribution in [0.3, 0.4) is 0 Å². The van der Waals surface area contributed by atoms with Gasteiger partial charge in [0.1, 0.15) is 12.4 Å². The van der Waals surface area contributed by atoms with Crippen LogP contribution in [0.5, 0.6) is 5.75 Å². The van der Waals surface area contributed by atoms with E-state index in [4.69, 9.17) is 37.9 Å². The van der Waals surface area contributed by atoms with E-state index in [0.29, 0.717) is 92.5 Å². The molecule has 0 aromatic heterocycles. The molecule has 0 N–H and O–H groups in total. The second-order valence-electron chi connectivity index (χ2n) is 10.8. The van der Waals surface area contributed by atoms with E-state index in [1.54, 1.807) is 0 Å². The largest absolute Gasteiger partial charge is 0.491 e. The predicted octanol–water partition coefficient (Wildman–Crippen LogP) is 7.47. The van der Waals surface area contributed by atoms with E-state index in [1.807, 2.05) is 0 Å². The van der Waals surface area contributed by atoms with Crippen LogP contribution in [0.4, 0.5) is 0 Å². The van der Waals surface area contributed by atoms with Gasteiger partial charge in [0.15, 0.2) is 0 Å². The highest BCUT2D eigenvalue weighted by molar-refractivity contribution is 14.1. The number of unbranched alkanes of at least 4 members (excludes halogenated alkanes) is 9. The van der Waals surface area contributed by atoms with E-state index < -0.39 is 0 Å². The van der Waals surface area contributed by atoms with E-state index in [0.717, 1.165) is 25.2 Å². The Labute approximate surface area is 282 Å². The third-order valence-electron chi connectivity index (χ3n) is 6.89. The van der Waals surface area contributed by atoms with Gasteiger partial charge in [-0.3, -0.25) is 0 Å². The molecular formula is C35H63IO8. The molecule has 0 saturated heterocycles. The van der Waals surface area contributed by atoms with Crippen LogP contribution in [0.25, 0.3) is 0 Å². The molecule has 0 radical (unpaired) electrons. The Morgan fingerprint density at radius 3 is 1.27 bits per heavy atom. The number of hydrogen-bond acceptors (Lipinski definition) is 8. The van der Waals surface area contributed by atoms with Crippen LogP contribution in [-0.4, -0.2) is 104 Å². The zero-order valence-electron chi connectivity index (χ0n) is 27.8. The van der Waals surface area contributed by atoms with Crippen LogP contribution in [0, 0.1) is 0 Å². The first-order chi connectivity index (χ1) is 21.9. The molecule has 0 heterocycles. The third kappa shape index (κ3) is 30.1. The zero-order chi connectivity index (χ0) is 31.4. The Balaban J connectivity index is 1.73. The number of hydrogen-bond donors (Lipinski definition) is 0. The molecular weight excluding hydrogens is 675 g/mol. The van der Waals surface area contributed by atoms with Gasteiger partial charge in [0, 0.05) is 6.61 Å². The van der Waals surface area contributed by atoms with Gasteiger partial charge in [0.25, 0.3) is 0 Å². The van der Waals surface area contributed by atoms with Crippen LogP contribution in [0.2, 0.25) is 0 Å². The van der Waals surface area contributed by atoms with Crippen molar-refractivity contribution in [1.82, 2.24) is 0 Å². The Hall–Kier alpha value is -0.530. The lowest BCUT2D eigenvalue weighted by Gasteiger charge is -2.09. The summed E-state index contributed by atoms with van der Waals surface area (Å²) in [5.74, 6) is 0.895. The minimum absolute atomic E-state index is 0.535. The summed E-state index contributed by atoms with van der Waals surface area (Å²) in [6.45, 7) is 10.9. The Kier molecular flexibility index (Phi) is 33.3. The molecule has 0 aliphatic rings. The van der Waals surface area contributed by atoms with Crippen molar-refractivity contribution in [2.24, 2.45) is 0 Å². The van der Waals surface area contributed by atoms with Crippen molar-refractivity contribution >= 4 is 22.6 Å². The fourth-order valence-electron chi connectivity index (χ4n) is 4.33. The lowest BCUT2D eigenvalue weighted by atomic mass is 10.0. The first-order valence-electron chi connectivity index (χ1n) is 17.2. The molecule has 9 heteroatoms. The minimum Gasteiger partial charge on any atom is -0.491 e. The van der Waals surface area contributed by atoms with E-state index in [9.17, 15) is 0 Å². The highest BCUT2D eigenvalue weighted by Crippen LogP contribution is 2.15. The van der Waals surface area contributed by atoms with Gasteiger partial charge in [-0.1, -0.05) is 93.0 Å². The summed E-state index contributed by atoms with van der Waals surface area (Å²) in [6, 6.07) is 8.48.